The Hall–Kier alpha value is -0.365. The second-order valence-electron chi connectivity index (χ2n) is 3.70. The van der Waals surface area contributed by atoms with Gasteiger partial charge in [-0.2, -0.15) is 0 Å². The molecule has 1 aromatic rings. The molecule has 1 aromatic carbocycles. The Morgan fingerprint density at radius 1 is 1.29 bits per heavy atom. The van der Waals surface area contributed by atoms with Crippen molar-refractivity contribution in [1.29, 1.82) is 0 Å². The third kappa shape index (κ3) is 4.76. The molecule has 75 valence electrons. The van der Waals surface area contributed by atoms with Crippen molar-refractivity contribution >= 4 is 18.2 Å². The van der Waals surface area contributed by atoms with Crippen LogP contribution in [0.1, 0.15) is 25.8 Å². The van der Waals surface area contributed by atoms with Crippen molar-refractivity contribution < 1.29 is 0 Å². The Kier molecular flexibility index (Phi) is 5.85. The molecule has 0 aromatic heterocycles. The Morgan fingerprint density at radius 3 is 2.64 bits per heavy atom. The van der Waals surface area contributed by atoms with Crippen molar-refractivity contribution in [2.24, 2.45) is 5.92 Å². The minimum atomic E-state index is 0.840. The zero-order valence-corrected chi connectivity index (χ0v) is 9.89. The average molecular weight is 205 g/mol. The first-order chi connectivity index (χ1) is 6.83. The van der Waals surface area contributed by atoms with E-state index in [1.165, 1.54) is 17.7 Å². The predicted molar refractivity (Wildman–Crippen MR) is 67.8 cm³/mol. The van der Waals surface area contributed by atoms with Gasteiger partial charge in [0.1, 0.15) is 0 Å². The van der Waals surface area contributed by atoms with Gasteiger partial charge in [0.15, 0.2) is 6.56 Å². The molecule has 0 N–H and O–H groups in total. The molecule has 14 heavy (non-hydrogen) atoms. The van der Waals surface area contributed by atoms with E-state index < -0.39 is 0 Å². The molecule has 1 atom stereocenters. The van der Waals surface area contributed by atoms with Crippen molar-refractivity contribution in [3.8, 4) is 0 Å². The van der Waals surface area contributed by atoms with E-state index in [1.54, 1.807) is 0 Å². The van der Waals surface area contributed by atoms with Crippen molar-refractivity contribution in [1.82, 2.24) is 0 Å². The summed E-state index contributed by atoms with van der Waals surface area (Å²) in [7, 11) is 0. The molecule has 0 saturated heterocycles. The smallest absolute Gasteiger partial charge is 0.196 e. The van der Waals surface area contributed by atoms with Crippen LogP contribution in [-0.4, -0.2) is 12.3 Å². The third-order valence-corrected chi connectivity index (χ3v) is 3.52. The van der Waals surface area contributed by atoms with Gasteiger partial charge >= 0.3 is 0 Å². The number of benzene rings is 1. The van der Waals surface area contributed by atoms with Gasteiger partial charge < -0.3 is 0 Å². The fourth-order valence-corrected chi connectivity index (χ4v) is 2.13. The quantitative estimate of drug-likeness (QED) is 0.505. The van der Waals surface area contributed by atoms with Crippen LogP contribution in [0.3, 0.4) is 0 Å². The first-order valence-corrected chi connectivity index (χ1v) is 6.35. The molecule has 2 heteroatoms. The highest BCUT2D eigenvalue weighted by Gasteiger charge is 1.99. The maximum atomic E-state index is 2.32. The van der Waals surface area contributed by atoms with Crippen molar-refractivity contribution in [3.05, 3.63) is 35.9 Å². The highest BCUT2D eigenvalue weighted by molar-refractivity contribution is 8.22. The van der Waals surface area contributed by atoms with Gasteiger partial charge in [0.05, 0.1) is 0 Å². The summed E-state index contributed by atoms with van der Waals surface area (Å²) in [4.78, 5) is 0. The lowest BCUT2D eigenvalue weighted by atomic mass is 9.95. The first-order valence-electron chi connectivity index (χ1n) is 5.30. The van der Waals surface area contributed by atoms with Gasteiger partial charge in [-0.25, -0.2) is 11.6 Å². The summed E-state index contributed by atoms with van der Waals surface area (Å²) >= 11 is 1.96. The lowest BCUT2D eigenvalue weighted by Gasteiger charge is -2.06. The van der Waals surface area contributed by atoms with Crippen LogP contribution in [0.4, 0.5) is 0 Å². The lowest BCUT2D eigenvalue weighted by Crippen LogP contribution is -2.00. The minimum absolute atomic E-state index is 0.840. The average Bonchev–Trinajstić information content (AvgIpc) is 2.25. The van der Waals surface area contributed by atoms with Gasteiger partial charge in [-0.3, -0.25) is 0 Å². The highest BCUT2D eigenvalue weighted by atomic mass is 32.2. The summed E-state index contributed by atoms with van der Waals surface area (Å²) in [6.45, 7) is 6.88. The largest absolute Gasteiger partial charge is 0.217 e. The summed E-state index contributed by atoms with van der Waals surface area (Å²) in [5, 5.41) is 0. The normalized spacial score (nSPS) is 12.4. The molecular formula is C12H18BS. The third-order valence-electron chi connectivity index (χ3n) is 2.36. The van der Waals surface area contributed by atoms with E-state index in [0.29, 0.717) is 0 Å². The van der Waals surface area contributed by atoms with Crippen molar-refractivity contribution in [2.75, 3.05) is 5.75 Å². The van der Waals surface area contributed by atoms with Crippen molar-refractivity contribution in [2.45, 2.75) is 26.6 Å². The molecule has 1 unspecified atom stereocenters. The standard InChI is InChI=1S/C12H18BS/c1-3-11(2)10-14-13-9-12-7-5-4-6-8-12/h4-8,11H,3,9-10H2,1-2H3. The molecule has 0 amide bonds. The summed E-state index contributed by atoms with van der Waals surface area (Å²) in [5.74, 6) is 2.09. The molecule has 0 nitrogen and oxygen atoms in total. The van der Waals surface area contributed by atoms with Crippen LogP contribution < -0.4 is 0 Å². The SMILES string of the molecule is CCC(C)CS[B]Cc1ccccc1. The highest BCUT2D eigenvalue weighted by Crippen LogP contribution is 2.11. The summed E-state index contributed by atoms with van der Waals surface area (Å²) in [6.07, 6.45) is 2.37. The van der Waals surface area contributed by atoms with E-state index in [9.17, 15) is 0 Å². The molecule has 0 bridgehead atoms. The van der Waals surface area contributed by atoms with E-state index in [4.69, 9.17) is 0 Å². The monoisotopic (exact) mass is 205 g/mol. The Balaban J connectivity index is 2.10. The first kappa shape index (κ1) is 11.7. The van der Waals surface area contributed by atoms with Gasteiger partial charge in [0.25, 0.3) is 0 Å². The van der Waals surface area contributed by atoms with Gasteiger partial charge in [0.2, 0.25) is 0 Å². The van der Waals surface area contributed by atoms with E-state index in [0.717, 1.165) is 12.2 Å². The number of hydrogen-bond acceptors (Lipinski definition) is 1. The minimum Gasteiger partial charge on any atom is -0.217 e. The fraction of sp³-hybridized carbons (Fsp3) is 0.500. The van der Waals surface area contributed by atoms with Gasteiger partial charge in [-0.1, -0.05) is 56.2 Å². The maximum absolute atomic E-state index is 2.32. The number of rotatable bonds is 6. The molecule has 0 aliphatic heterocycles. The van der Waals surface area contributed by atoms with Crippen LogP contribution in [0.2, 0.25) is 0 Å². The predicted octanol–water partition coefficient (Wildman–Crippen LogP) is 3.59. The van der Waals surface area contributed by atoms with Crippen LogP contribution in [0.15, 0.2) is 30.3 Å². The van der Waals surface area contributed by atoms with E-state index in [2.05, 4.69) is 50.7 Å². The molecule has 0 heterocycles. The van der Waals surface area contributed by atoms with Gasteiger partial charge in [-0.15, -0.1) is 0 Å². The summed E-state index contributed by atoms with van der Waals surface area (Å²) in [6, 6.07) is 10.6. The van der Waals surface area contributed by atoms with Crippen LogP contribution >= 0.6 is 11.6 Å². The molecule has 0 fully saturated rings. The van der Waals surface area contributed by atoms with Crippen LogP contribution in [0, 0.1) is 5.92 Å². The Bertz CT molecular complexity index is 235. The van der Waals surface area contributed by atoms with E-state index >= 15 is 0 Å². The number of hydrogen-bond donors (Lipinski definition) is 0. The molecule has 1 rings (SSSR count). The molecule has 0 saturated carbocycles. The van der Waals surface area contributed by atoms with Crippen molar-refractivity contribution in [3.63, 3.8) is 0 Å². The van der Waals surface area contributed by atoms with E-state index in [1.807, 2.05) is 11.6 Å². The van der Waals surface area contributed by atoms with Gasteiger partial charge in [0, 0.05) is 0 Å². The van der Waals surface area contributed by atoms with Crippen LogP contribution in [-0.2, 0) is 6.32 Å². The second kappa shape index (κ2) is 7.00. The fourth-order valence-electron chi connectivity index (χ4n) is 1.12. The summed E-state index contributed by atoms with van der Waals surface area (Å²) in [5.41, 5.74) is 1.41. The van der Waals surface area contributed by atoms with E-state index in [-0.39, 0.29) is 0 Å². The zero-order chi connectivity index (χ0) is 10.2. The molecule has 1 radical (unpaired) electrons. The van der Waals surface area contributed by atoms with Gasteiger partial charge in [-0.05, 0) is 18.0 Å². The Morgan fingerprint density at radius 2 is 2.00 bits per heavy atom. The Labute approximate surface area is 92.6 Å². The van der Waals surface area contributed by atoms with Crippen LogP contribution in [0.5, 0.6) is 0 Å². The topological polar surface area (TPSA) is 0 Å². The maximum Gasteiger partial charge on any atom is 0.196 e. The molecule has 0 aliphatic carbocycles. The molecular weight excluding hydrogens is 187 g/mol. The lowest BCUT2D eigenvalue weighted by molar-refractivity contribution is 0.638. The summed E-state index contributed by atoms with van der Waals surface area (Å²) < 4.78 is 0. The second-order valence-corrected chi connectivity index (χ2v) is 4.70. The molecule has 0 aliphatic rings. The molecule has 0 spiro atoms. The zero-order valence-electron chi connectivity index (χ0n) is 9.07. The van der Waals surface area contributed by atoms with Crippen LogP contribution in [0.25, 0.3) is 0 Å².